The average molecular weight is 234 g/mol. The molecule has 0 bridgehead atoms. The highest BCUT2D eigenvalue weighted by Crippen LogP contribution is 2.18. The molecule has 0 fully saturated rings. The van der Waals surface area contributed by atoms with E-state index in [-0.39, 0.29) is 18.7 Å². The molecule has 0 atom stereocenters. The molecular formula is C11H10N2O4. The Hall–Kier alpha value is -2.37. The molecule has 2 aromatic rings. The summed E-state index contributed by atoms with van der Waals surface area (Å²) in [7, 11) is 0. The van der Waals surface area contributed by atoms with Gasteiger partial charge in [-0.2, -0.15) is 5.10 Å². The van der Waals surface area contributed by atoms with E-state index in [2.05, 4.69) is 5.10 Å². The zero-order chi connectivity index (χ0) is 12.4. The summed E-state index contributed by atoms with van der Waals surface area (Å²) in [6.45, 7) is 0.156. The van der Waals surface area contributed by atoms with E-state index in [9.17, 15) is 9.59 Å². The second-order valence-electron chi connectivity index (χ2n) is 3.54. The molecule has 0 saturated carbocycles. The van der Waals surface area contributed by atoms with E-state index in [1.807, 2.05) is 0 Å². The summed E-state index contributed by atoms with van der Waals surface area (Å²) in [6, 6.07) is 6.85. The lowest BCUT2D eigenvalue weighted by Crippen LogP contribution is -2.07. The first-order valence-electron chi connectivity index (χ1n) is 5.00. The highest BCUT2D eigenvalue weighted by Gasteiger charge is 2.15. The molecule has 0 radical (unpaired) electrons. The van der Waals surface area contributed by atoms with Crippen LogP contribution >= 0.6 is 0 Å². The maximum Gasteiger partial charge on any atom is 0.357 e. The molecule has 0 aliphatic carbocycles. The molecule has 1 aromatic heterocycles. The van der Waals surface area contributed by atoms with E-state index < -0.39 is 11.9 Å². The minimum absolute atomic E-state index is 0.0500. The van der Waals surface area contributed by atoms with Crippen LogP contribution in [0, 0.1) is 0 Å². The summed E-state index contributed by atoms with van der Waals surface area (Å²) in [6.07, 6.45) is -0.0925. The van der Waals surface area contributed by atoms with Crippen molar-refractivity contribution in [3.8, 4) is 0 Å². The van der Waals surface area contributed by atoms with Gasteiger partial charge in [0.2, 0.25) is 0 Å². The van der Waals surface area contributed by atoms with Gasteiger partial charge in [-0.3, -0.25) is 9.48 Å². The maximum absolute atomic E-state index is 11.0. The lowest BCUT2D eigenvalue weighted by atomic mass is 10.2. The number of carboxylic acid groups (broad SMARTS) is 2. The number of aromatic nitrogens is 2. The standard InChI is InChI=1S/C11H10N2O4/c14-9(15)5-6-13-8-4-2-1-3-7(8)10(12-13)11(16)17/h1-4H,5-6H2,(H,14,15)(H,16,17). The molecule has 0 aliphatic heterocycles. The molecule has 2 N–H and O–H groups in total. The fraction of sp³-hybridized carbons (Fsp3) is 0.182. The van der Waals surface area contributed by atoms with Gasteiger partial charge in [-0.25, -0.2) is 4.79 Å². The highest BCUT2D eigenvalue weighted by atomic mass is 16.4. The first-order chi connectivity index (χ1) is 8.09. The number of aryl methyl sites for hydroxylation is 1. The van der Waals surface area contributed by atoms with E-state index in [1.165, 1.54) is 4.68 Å². The van der Waals surface area contributed by atoms with Gasteiger partial charge in [0.25, 0.3) is 0 Å². The first-order valence-corrected chi connectivity index (χ1v) is 5.00. The molecule has 1 heterocycles. The van der Waals surface area contributed by atoms with Gasteiger partial charge >= 0.3 is 11.9 Å². The Bertz CT molecular complexity index is 588. The number of para-hydroxylation sites is 1. The zero-order valence-corrected chi connectivity index (χ0v) is 8.83. The third-order valence-electron chi connectivity index (χ3n) is 2.40. The van der Waals surface area contributed by atoms with Crippen molar-refractivity contribution >= 4 is 22.8 Å². The summed E-state index contributed by atoms with van der Waals surface area (Å²) >= 11 is 0. The van der Waals surface area contributed by atoms with Gasteiger partial charge in [-0.1, -0.05) is 18.2 Å². The van der Waals surface area contributed by atoms with Crippen molar-refractivity contribution < 1.29 is 19.8 Å². The summed E-state index contributed by atoms with van der Waals surface area (Å²) in [5.41, 5.74) is 0.581. The van der Waals surface area contributed by atoms with Crippen LogP contribution in [-0.2, 0) is 11.3 Å². The molecule has 2 rings (SSSR count). The maximum atomic E-state index is 11.0. The Labute approximate surface area is 96.1 Å². The van der Waals surface area contributed by atoms with Crippen molar-refractivity contribution in [3.05, 3.63) is 30.0 Å². The van der Waals surface area contributed by atoms with Gasteiger partial charge in [-0.05, 0) is 6.07 Å². The van der Waals surface area contributed by atoms with Crippen molar-refractivity contribution in [1.82, 2.24) is 9.78 Å². The normalized spacial score (nSPS) is 10.6. The molecule has 6 nitrogen and oxygen atoms in total. The van der Waals surface area contributed by atoms with Crippen molar-refractivity contribution in [2.45, 2.75) is 13.0 Å². The number of carbonyl (C=O) groups is 2. The lowest BCUT2D eigenvalue weighted by molar-refractivity contribution is -0.137. The summed E-state index contributed by atoms with van der Waals surface area (Å²) in [5, 5.41) is 22.0. The van der Waals surface area contributed by atoms with Gasteiger partial charge in [0.15, 0.2) is 5.69 Å². The monoisotopic (exact) mass is 234 g/mol. The van der Waals surface area contributed by atoms with Crippen LogP contribution in [-0.4, -0.2) is 31.9 Å². The van der Waals surface area contributed by atoms with Crippen LogP contribution in [0.4, 0.5) is 0 Å². The number of fused-ring (bicyclic) bond motifs is 1. The third-order valence-corrected chi connectivity index (χ3v) is 2.40. The SMILES string of the molecule is O=C(O)CCn1nc(C(=O)O)c2ccccc21. The highest BCUT2D eigenvalue weighted by molar-refractivity contribution is 6.01. The minimum atomic E-state index is -1.12. The third kappa shape index (κ3) is 2.10. The topological polar surface area (TPSA) is 92.4 Å². The van der Waals surface area contributed by atoms with Gasteiger partial charge in [-0.15, -0.1) is 0 Å². The minimum Gasteiger partial charge on any atom is -0.481 e. The van der Waals surface area contributed by atoms with Crippen molar-refractivity contribution in [2.75, 3.05) is 0 Å². The van der Waals surface area contributed by atoms with Crippen LogP contribution in [0.2, 0.25) is 0 Å². The molecule has 1 aromatic carbocycles. The molecule has 6 heteroatoms. The molecule has 0 amide bonds. The van der Waals surface area contributed by atoms with E-state index in [1.54, 1.807) is 24.3 Å². The first kappa shape index (κ1) is 11.1. The number of nitrogens with zero attached hydrogens (tertiary/aromatic N) is 2. The van der Waals surface area contributed by atoms with Crippen LogP contribution < -0.4 is 0 Å². The number of hydrogen-bond donors (Lipinski definition) is 2. The number of carboxylic acids is 2. The number of aromatic carboxylic acids is 1. The fourth-order valence-corrected chi connectivity index (χ4v) is 1.66. The van der Waals surface area contributed by atoms with Crippen LogP contribution in [0.25, 0.3) is 10.9 Å². The summed E-state index contributed by atoms with van der Waals surface area (Å²) < 4.78 is 1.41. The second kappa shape index (κ2) is 4.25. The summed E-state index contributed by atoms with van der Waals surface area (Å²) in [5.74, 6) is -2.06. The van der Waals surface area contributed by atoms with E-state index in [4.69, 9.17) is 10.2 Å². The molecule has 0 aliphatic rings. The van der Waals surface area contributed by atoms with Gasteiger partial charge in [0.1, 0.15) is 0 Å². The zero-order valence-electron chi connectivity index (χ0n) is 8.83. The molecule has 0 saturated heterocycles. The summed E-state index contributed by atoms with van der Waals surface area (Å²) in [4.78, 5) is 21.5. The number of benzene rings is 1. The quantitative estimate of drug-likeness (QED) is 0.829. The lowest BCUT2D eigenvalue weighted by Gasteiger charge is -1.99. The van der Waals surface area contributed by atoms with E-state index in [0.29, 0.717) is 10.9 Å². The second-order valence-corrected chi connectivity index (χ2v) is 3.54. The predicted octanol–water partition coefficient (Wildman–Crippen LogP) is 1.21. The van der Waals surface area contributed by atoms with Gasteiger partial charge in [0, 0.05) is 5.39 Å². The van der Waals surface area contributed by atoms with Crippen LogP contribution in [0.5, 0.6) is 0 Å². The van der Waals surface area contributed by atoms with E-state index in [0.717, 1.165) is 0 Å². The van der Waals surface area contributed by atoms with Crippen LogP contribution in [0.15, 0.2) is 24.3 Å². The van der Waals surface area contributed by atoms with Crippen molar-refractivity contribution in [3.63, 3.8) is 0 Å². The fourth-order valence-electron chi connectivity index (χ4n) is 1.66. The van der Waals surface area contributed by atoms with Gasteiger partial charge < -0.3 is 10.2 Å². The molecule has 0 unspecified atom stereocenters. The molecule has 0 spiro atoms. The van der Waals surface area contributed by atoms with Crippen molar-refractivity contribution in [1.29, 1.82) is 0 Å². The predicted molar refractivity (Wildman–Crippen MR) is 58.9 cm³/mol. The number of hydrogen-bond acceptors (Lipinski definition) is 3. The average Bonchev–Trinajstić information content (AvgIpc) is 2.65. The Kier molecular flexibility index (Phi) is 2.78. The van der Waals surface area contributed by atoms with Crippen LogP contribution in [0.3, 0.4) is 0 Å². The molecule has 17 heavy (non-hydrogen) atoms. The Morgan fingerprint density at radius 3 is 2.59 bits per heavy atom. The Morgan fingerprint density at radius 2 is 1.94 bits per heavy atom. The number of rotatable bonds is 4. The molecular weight excluding hydrogens is 224 g/mol. The van der Waals surface area contributed by atoms with Gasteiger partial charge in [0.05, 0.1) is 18.5 Å². The van der Waals surface area contributed by atoms with E-state index >= 15 is 0 Å². The van der Waals surface area contributed by atoms with Crippen LogP contribution in [0.1, 0.15) is 16.9 Å². The van der Waals surface area contributed by atoms with Crippen molar-refractivity contribution in [2.24, 2.45) is 0 Å². The Balaban J connectivity index is 2.49. The Morgan fingerprint density at radius 1 is 1.24 bits per heavy atom. The molecule has 88 valence electrons. The smallest absolute Gasteiger partial charge is 0.357 e. The number of aliphatic carboxylic acids is 1. The largest absolute Gasteiger partial charge is 0.481 e.